The lowest BCUT2D eigenvalue weighted by Gasteiger charge is -2.35. The Hall–Kier alpha value is 0.230. The van der Waals surface area contributed by atoms with Crippen LogP contribution in [0.5, 0.6) is 0 Å². The second-order valence-corrected chi connectivity index (χ2v) is 6.80. The van der Waals surface area contributed by atoms with Crippen LogP contribution in [0.3, 0.4) is 0 Å². The van der Waals surface area contributed by atoms with Crippen molar-refractivity contribution >= 4 is 11.8 Å². The molecular formula is C14H28N2OS. The van der Waals surface area contributed by atoms with Crippen molar-refractivity contribution < 1.29 is 4.74 Å². The lowest BCUT2D eigenvalue weighted by molar-refractivity contribution is 0.0169. The van der Waals surface area contributed by atoms with E-state index >= 15 is 0 Å². The fraction of sp³-hybridized carbons (Fsp3) is 1.00. The number of nitrogens with zero attached hydrogens (tertiary/aromatic N) is 2. The molecule has 0 aliphatic carbocycles. The van der Waals surface area contributed by atoms with E-state index in [1.54, 1.807) is 0 Å². The minimum absolute atomic E-state index is 0.718. The smallest absolute Gasteiger partial charge is 0.0594 e. The Morgan fingerprint density at radius 3 is 1.94 bits per heavy atom. The maximum Gasteiger partial charge on any atom is 0.0594 e. The van der Waals surface area contributed by atoms with Crippen LogP contribution in [0, 0.1) is 0 Å². The molecule has 0 radical (unpaired) electrons. The van der Waals surface area contributed by atoms with E-state index in [1.807, 2.05) is 0 Å². The van der Waals surface area contributed by atoms with Crippen molar-refractivity contribution in [3.05, 3.63) is 0 Å². The van der Waals surface area contributed by atoms with Crippen LogP contribution in [0.4, 0.5) is 0 Å². The van der Waals surface area contributed by atoms with E-state index in [0.717, 1.165) is 38.4 Å². The van der Waals surface area contributed by atoms with Crippen LogP contribution in [-0.2, 0) is 4.74 Å². The van der Waals surface area contributed by atoms with Crippen LogP contribution in [0.1, 0.15) is 26.7 Å². The summed E-state index contributed by atoms with van der Waals surface area (Å²) in [6.07, 6.45) is 2.66. The number of morpholine rings is 1. The van der Waals surface area contributed by atoms with E-state index in [4.69, 9.17) is 4.74 Å². The van der Waals surface area contributed by atoms with Crippen LogP contribution >= 0.6 is 11.8 Å². The minimum atomic E-state index is 0.718. The summed E-state index contributed by atoms with van der Waals surface area (Å²) < 4.78 is 5.42. The van der Waals surface area contributed by atoms with Gasteiger partial charge in [0, 0.05) is 49.8 Å². The van der Waals surface area contributed by atoms with E-state index in [2.05, 4.69) is 35.4 Å². The third-order valence-corrected chi connectivity index (χ3v) is 5.28. The second kappa shape index (κ2) is 7.73. The third kappa shape index (κ3) is 4.41. The van der Waals surface area contributed by atoms with Crippen molar-refractivity contribution in [3.63, 3.8) is 0 Å². The molecule has 0 aromatic rings. The summed E-state index contributed by atoms with van der Waals surface area (Å²) in [6.45, 7) is 11.4. The largest absolute Gasteiger partial charge is 0.379 e. The summed E-state index contributed by atoms with van der Waals surface area (Å²) in [5, 5.41) is 0. The Bertz CT molecular complexity index is 204. The zero-order chi connectivity index (χ0) is 12.8. The number of hydrogen-bond acceptors (Lipinski definition) is 4. The highest BCUT2D eigenvalue weighted by Gasteiger charge is 2.20. The molecule has 2 unspecified atom stereocenters. The first kappa shape index (κ1) is 14.6. The Morgan fingerprint density at radius 1 is 0.889 bits per heavy atom. The molecule has 106 valence electrons. The zero-order valence-electron chi connectivity index (χ0n) is 11.9. The molecule has 2 rings (SSSR count). The molecule has 0 saturated carbocycles. The quantitative estimate of drug-likeness (QED) is 0.759. The van der Waals surface area contributed by atoms with Gasteiger partial charge in [-0.15, -0.1) is 0 Å². The summed E-state index contributed by atoms with van der Waals surface area (Å²) in [5.41, 5.74) is 0. The fourth-order valence-corrected chi connectivity index (χ4v) is 3.82. The van der Waals surface area contributed by atoms with Gasteiger partial charge in [0.1, 0.15) is 0 Å². The van der Waals surface area contributed by atoms with Crippen molar-refractivity contribution in [3.8, 4) is 0 Å². The molecule has 2 heterocycles. The molecular weight excluding hydrogens is 244 g/mol. The van der Waals surface area contributed by atoms with Crippen LogP contribution in [0.25, 0.3) is 0 Å². The Morgan fingerprint density at radius 2 is 1.39 bits per heavy atom. The lowest BCUT2D eigenvalue weighted by Crippen LogP contribution is -2.44. The van der Waals surface area contributed by atoms with E-state index < -0.39 is 0 Å². The molecule has 2 saturated heterocycles. The van der Waals surface area contributed by atoms with Gasteiger partial charge in [-0.25, -0.2) is 0 Å². The van der Waals surface area contributed by atoms with Crippen molar-refractivity contribution in [2.75, 3.05) is 50.9 Å². The molecule has 2 fully saturated rings. The van der Waals surface area contributed by atoms with Gasteiger partial charge in [-0.3, -0.25) is 9.80 Å². The van der Waals surface area contributed by atoms with Gasteiger partial charge in [0.15, 0.2) is 0 Å². The number of hydrogen-bond donors (Lipinski definition) is 0. The third-order valence-electron chi connectivity index (χ3n) is 4.34. The molecule has 0 spiro atoms. The topological polar surface area (TPSA) is 15.7 Å². The summed E-state index contributed by atoms with van der Waals surface area (Å²) in [7, 11) is 0. The van der Waals surface area contributed by atoms with Gasteiger partial charge in [0.25, 0.3) is 0 Å². The zero-order valence-corrected chi connectivity index (χ0v) is 12.8. The summed E-state index contributed by atoms with van der Waals surface area (Å²) in [5.74, 6) is 2.65. The maximum absolute atomic E-state index is 5.42. The SMILES string of the molecule is CC(CCC(C)N1CCSCC1)N1CCOCC1. The predicted octanol–water partition coefficient (Wildman–Crippen LogP) is 1.92. The molecule has 2 aliphatic heterocycles. The van der Waals surface area contributed by atoms with E-state index in [0.29, 0.717) is 0 Å². The summed E-state index contributed by atoms with van der Waals surface area (Å²) in [6, 6.07) is 1.48. The van der Waals surface area contributed by atoms with Gasteiger partial charge in [-0.1, -0.05) is 0 Å². The minimum Gasteiger partial charge on any atom is -0.379 e. The van der Waals surface area contributed by atoms with Crippen molar-refractivity contribution in [1.82, 2.24) is 9.80 Å². The molecule has 0 amide bonds. The van der Waals surface area contributed by atoms with Crippen LogP contribution in [0.15, 0.2) is 0 Å². The monoisotopic (exact) mass is 272 g/mol. The highest BCUT2D eigenvalue weighted by atomic mass is 32.2. The van der Waals surface area contributed by atoms with Crippen molar-refractivity contribution in [2.45, 2.75) is 38.8 Å². The van der Waals surface area contributed by atoms with Gasteiger partial charge in [-0.2, -0.15) is 11.8 Å². The van der Waals surface area contributed by atoms with Crippen molar-refractivity contribution in [2.24, 2.45) is 0 Å². The molecule has 0 aromatic heterocycles. The first-order valence-corrected chi connectivity index (χ1v) is 8.56. The van der Waals surface area contributed by atoms with Crippen LogP contribution in [0.2, 0.25) is 0 Å². The fourth-order valence-electron chi connectivity index (χ4n) is 2.88. The first-order chi connectivity index (χ1) is 8.77. The van der Waals surface area contributed by atoms with Gasteiger partial charge < -0.3 is 4.74 Å². The van der Waals surface area contributed by atoms with Crippen LogP contribution < -0.4 is 0 Å². The molecule has 2 aliphatic rings. The number of rotatable bonds is 5. The van der Waals surface area contributed by atoms with Crippen molar-refractivity contribution in [1.29, 1.82) is 0 Å². The average Bonchev–Trinajstić information content (AvgIpc) is 2.46. The number of thioether (sulfide) groups is 1. The van der Waals surface area contributed by atoms with E-state index in [1.165, 1.54) is 37.4 Å². The average molecular weight is 272 g/mol. The maximum atomic E-state index is 5.42. The van der Waals surface area contributed by atoms with Crippen LogP contribution in [-0.4, -0.2) is 72.8 Å². The Balaban J connectivity index is 1.66. The summed E-state index contributed by atoms with van der Waals surface area (Å²) >= 11 is 2.10. The lowest BCUT2D eigenvalue weighted by atomic mass is 10.1. The molecule has 0 N–H and O–H groups in total. The molecule has 4 heteroatoms. The standard InChI is InChI=1S/C14H28N2OS/c1-13(15-5-9-17-10-6-15)3-4-14(2)16-7-11-18-12-8-16/h13-14H,3-12H2,1-2H3. The van der Waals surface area contributed by atoms with Gasteiger partial charge in [-0.05, 0) is 26.7 Å². The highest BCUT2D eigenvalue weighted by molar-refractivity contribution is 7.99. The van der Waals surface area contributed by atoms with E-state index in [9.17, 15) is 0 Å². The molecule has 3 nitrogen and oxygen atoms in total. The van der Waals surface area contributed by atoms with Gasteiger partial charge in [0.05, 0.1) is 13.2 Å². The molecule has 2 atom stereocenters. The Kier molecular flexibility index (Phi) is 6.29. The molecule has 0 bridgehead atoms. The van der Waals surface area contributed by atoms with Gasteiger partial charge in [0.2, 0.25) is 0 Å². The first-order valence-electron chi connectivity index (χ1n) is 7.41. The second-order valence-electron chi connectivity index (χ2n) is 5.57. The predicted molar refractivity (Wildman–Crippen MR) is 79.4 cm³/mol. The highest BCUT2D eigenvalue weighted by Crippen LogP contribution is 2.17. The number of ether oxygens (including phenoxy) is 1. The molecule has 0 aromatic carbocycles. The molecule has 18 heavy (non-hydrogen) atoms. The normalized spacial score (nSPS) is 27.0. The Labute approximate surface area is 116 Å². The van der Waals surface area contributed by atoms with Gasteiger partial charge >= 0.3 is 0 Å². The summed E-state index contributed by atoms with van der Waals surface area (Å²) in [4.78, 5) is 5.25. The van der Waals surface area contributed by atoms with E-state index in [-0.39, 0.29) is 0 Å².